The van der Waals surface area contributed by atoms with Gasteiger partial charge in [0.2, 0.25) is 5.88 Å². The molecule has 0 atom stereocenters. The van der Waals surface area contributed by atoms with E-state index >= 15 is 0 Å². The molecule has 0 amide bonds. The molecule has 0 aliphatic carbocycles. The van der Waals surface area contributed by atoms with Gasteiger partial charge in [-0.15, -0.1) is 0 Å². The normalized spacial score (nSPS) is 10.3. The van der Waals surface area contributed by atoms with Crippen molar-refractivity contribution in [1.29, 1.82) is 0 Å². The number of nitrogens with one attached hydrogen (secondary N) is 1. The number of nitrogen functional groups attached to an aromatic ring is 1. The van der Waals surface area contributed by atoms with Crippen molar-refractivity contribution in [2.45, 2.75) is 6.92 Å². The third-order valence-electron chi connectivity index (χ3n) is 2.33. The van der Waals surface area contributed by atoms with Gasteiger partial charge < -0.3 is 15.8 Å². The third kappa shape index (κ3) is 2.93. The monoisotopic (exact) mass is 326 g/mol. The molecule has 3 N–H and O–H groups in total. The molecule has 1 aromatic heterocycles. The van der Waals surface area contributed by atoms with E-state index < -0.39 is 5.82 Å². The maximum atomic E-state index is 13.7. The molecule has 0 aliphatic heterocycles. The number of anilines is 3. The first-order valence-electron chi connectivity index (χ1n) is 5.57. The fraction of sp³-hybridized carbons (Fsp3) is 0.167. The van der Waals surface area contributed by atoms with E-state index in [9.17, 15) is 4.39 Å². The minimum atomic E-state index is -0.412. The van der Waals surface area contributed by atoms with E-state index in [0.717, 1.165) is 0 Å². The van der Waals surface area contributed by atoms with Crippen LogP contribution in [0.4, 0.5) is 21.6 Å². The smallest absolute Gasteiger partial charge is 0.242 e. The van der Waals surface area contributed by atoms with Crippen molar-refractivity contribution in [3.8, 4) is 5.88 Å². The third-order valence-corrected chi connectivity index (χ3v) is 3.00. The van der Waals surface area contributed by atoms with Crippen LogP contribution in [0.25, 0.3) is 0 Å². The Morgan fingerprint density at radius 3 is 2.89 bits per heavy atom. The SMILES string of the molecule is CCOc1ncnc(Nc2c(F)cccc2Br)c1N. The molecule has 2 aromatic rings. The van der Waals surface area contributed by atoms with Crippen LogP contribution >= 0.6 is 15.9 Å². The van der Waals surface area contributed by atoms with Crippen LogP contribution in [0.5, 0.6) is 5.88 Å². The molecule has 1 aromatic carbocycles. The molecule has 0 unspecified atom stereocenters. The molecule has 0 aliphatic rings. The Bertz CT molecular complexity index is 574. The Hall–Kier alpha value is -1.89. The van der Waals surface area contributed by atoms with Crippen LogP contribution in [-0.4, -0.2) is 16.6 Å². The molecule has 5 nitrogen and oxygen atoms in total. The first-order chi connectivity index (χ1) is 9.13. The second kappa shape index (κ2) is 5.83. The Morgan fingerprint density at radius 2 is 2.21 bits per heavy atom. The number of hydrogen-bond donors (Lipinski definition) is 2. The van der Waals surface area contributed by atoms with Gasteiger partial charge in [0.1, 0.15) is 17.8 Å². The molecule has 19 heavy (non-hydrogen) atoms. The van der Waals surface area contributed by atoms with Crippen LogP contribution in [0.3, 0.4) is 0 Å². The van der Waals surface area contributed by atoms with Crippen LogP contribution in [0.2, 0.25) is 0 Å². The van der Waals surface area contributed by atoms with Crippen molar-refractivity contribution >= 4 is 33.1 Å². The summed E-state index contributed by atoms with van der Waals surface area (Å²) in [6.07, 6.45) is 1.30. The van der Waals surface area contributed by atoms with Crippen LogP contribution in [-0.2, 0) is 0 Å². The Morgan fingerprint density at radius 1 is 1.42 bits per heavy atom. The Labute approximate surface area is 118 Å². The first kappa shape index (κ1) is 13.5. The van der Waals surface area contributed by atoms with E-state index in [1.54, 1.807) is 12.1 Å². The van der Waals surface area contributed by atoms with Crippen LogP contribution in [0.15, 0.2) is 29.0 Å². The summed E-state index contributed by atoms with van der Waals surface area (Å²) in [5, 5.41) is 2.83. The molecule has 0 bridgehead atoms. The largest absolute Gasteiger partial charge is 0.476 e. The average molecular weight is 327 g/mol. The fourth-order valence-corrected chi connectivity index (χ4v) is 1.91. The summed E-state index contributed by atoms with van der Waals surface area (Å²) < 4.78 is 19.5. The van der Waals surface area contributed by atoms with Crippen molar-refractivity contribution in [2.24, 2.45) is 0 Å². The second-order valence-electron chi connectivity index (χ2n) is 3.60. The van der Waals surface area contributed by atoms with Gasteiger partial charge in [0.15, 0.2) is 5.82 Å². The van der Waals surface area contributed by atoms with Gasteiger partial charge in [-0.1, -0.05) is 6.07 Å². The van der Waals surface area contributed by atoms with E-state index in [4.69, 9.17) is 10.5 Å². The number of nitrogens with zero attached hydrogens (tertiary/aromatic N) is 2. The topological polar surface area (TPSA) is 73.1 Å². The summed E-state index contributed by atoms with van der Waals surface area (Å²) in [6, 6.07) is 4.65. The predicted octanol–water partition coefficient (Wildman–Crippen LogP) is 3.10. The van der Waals surface area contributed by atoms with Crippen molar-refractivity contribution < 1.29 is 9.13 Å². The highest BCUT2D eigenvalue weighted by molar-refractivity contribution is 9.10. The average Bonchev–Trinajstić information content (AvgIpc) is 2.38. The minimum absolute atomic E-state index is 0.236. The lowest BCUT2D eigenvalue weighted by atomic mass is 10.3. The van der Waals surface area contributed by atoms with Gasteiger partial charge in [0.05, 0.1) is 12.3 Å². The molecule has 1 heterocycles. The lowest BCUT2D eigenvalue weighted by Gasteiger charge is -2.12. The summed E-state index contributed by atoms with van der Waals surface area (Å²) in [4.78, 5) is 7.90. The number of ether oxygens (including phenoxy) is 1. The van der Waals surface area contributed by atoms with Crippen LogP contribution < -0.4 is 15.8 Å². The highest BCUT2D eigenvalue weighted by Gasteiger charge is 2.12. The van der Waals surface area contributed by atoms with E-state index in [2.05, 4.69) is 31.2 Å². The predicted molar refractivity (Wildman–Crippen MR) is 75.0 cm³/mol. The summed E-state index contributed by atoms with van der Waals surface area (Å²) in [6.45, 7) is 2.26. The summed E-state index contributed by atoms with van der Waals surface area (Å²) >= 11 is 3.26. The number of hydrogen-bond acceptors (Lipinski definition) is 5. The number of para-hydroxylation sites is 1. The molecular formula is C12H12BrFN4O. The van der Waals surface area contributed by atoms with Crippen molar-refractivity contribution in [3.05, 3.63) is 34.8 Å². The zero-order valence-corrected chi connectivity index (χ0v) is 11.7. The summed E-state index contributed by atoms with van der Waals surface area (Å²) in [5.41, 5.74) is 6.36. The summed E-state index contributed by atoms with van der Waals surface area (Å²) in [5.74, 6) is 0.155. The highest BCUT2D eigenvalue weighted by atomic mass is 79.9. The zero-order chi connectivity index (χ0) is 13.8. The van der Waals surface area contributed by atoms with Gasteiger partial charge in [-0.2, -0.15) is 4.98 Å². The van der Waals surface area contributed by atoms with E-state index in [-0.39, 0.29) is 17.3 Å². The maximum absolute atomic E-state index is 13.7. The molecule has 100 valence electrons. The van der Waals surface area contributed by atoms with Crippen molar-refractivity contribution in [1.82, 2.24) is 9.97 Å². The molecule has 0 fully saturated rings. The number of aromatic nitrogens is 2. The number of benzene rings is 1. The quantitative estimate of drug-likeness (QED) is 0.903. The lowest BCUT2D eigenvalue weighted by Crippen LogP contribution is -2.06. The zero-order valence-electron chi connectivity index (χ0n) is 10.2. The molecule has 0 spiro atoms. The molecular weight excluding hydrogens is 315 g/mol. The highest BCUT2D eigenvalue weighted by Crippen LogP contribution is 2.32. The molecule has 0 saturated carbocycles. The fourth-order valence-electron chi connectivity index (χ4n) is 1.47. The number of halogens is 2. The lowest BCUT2D eigenvalue weighted by molar-refractivity contribution is 0.328. The molecule has 7 heteroatoms. The van der Waals surface area contributed by atoms with Crippen LogP contribution in [0, 0.1) is 5.82 Å². The van der Waals surface area contributed by atoms with E-state index in [1.807, 2.05) is 6.92 Å². The minimum Gasteiger partial charge on any atom is -0.476 e. The van der Waals surface area contributed by atoms with E-state index in [1.165, 1.54) is 12.4 Å². The molecule has 2 rings (SSSR count). The molecule has 0 saturated heterocycles. The number of rotatable bonds is 4. The molecule has 0 radical (unpaired) electrons. The maximum Gasteiger partial charge on any atom is 0.242 e. The Balaban J connectivity index is 2.36. The van der Waals surface area contributed by atoms with Crippen molar-refractivity contribution in [3.63, 3.8) is 0 Å². The second-order valence-corrected chi connectivity index (χ2v) is 4.45. The first-order valence-corrected chi connectivity index (χ1v) is 6.37. The number of nitrogens with two attached hydrogens (primary N) is 1. The van der Waals surface area contributed by atoms with E-state index in [0.29, 0.717) is 16.9 Å². The Kier molecular flexibility index (Phi) is 4.16. The standard InChI is InChI=1S/C12H12BrFN4O/c1-2-19-12-9(15)11(16-6-17-12)18-10-7(13)4-3-5-8(10)14/h3-6H,2,15H2,1H3,(H,16,17,18). The van der Waals surface area contributed by atoms with Crippen molar-refractivity contribution in [2.75, 3.05) is 17.7 Å². The summed E-state index contributed by atoms with van der Waals surface area (Å²) in [7, 11) is 0. The van der Waals surface area contributed by atoms with Gasteiger partial charge >= 0.3 is 0 Å². The van der Waals surface area contributed by atoms with Gasteiger partial charge in [0.25, 0.3) is 0 Å². The van der Waals surface area contributed by atoms with Gasteiger partial charge in [-0.3, -0.25) is 0 Å². The van der Waals surface area contributed by atoms with Gasteiger partial charge in [0, 0.05) is 4.47 Å². The van der Waals surface area contributed by atoms with Gasteiger partial charge in [-0.05, 0) is 35.0 Å². The van der Waals surface area contributed by atoms with Crippen LogP contribution in [0.1, 0.15) is 6.92 Å². The van der Waals surface area contributed by atoms with Gasteiger partial charge in [-0.25, -0.2) is 9.37 Å².